The van der Waals surface area contributed by atoms with Crippen LogP contribution in [0.5, 0.6) is 0 Å². The zero-order chi connectivity index (χ0) is 12.2. The first-order valence-electron chi connectivity index (χ1n) is 4.82. The third-order valence-corrected chi connectivity index (χ3v) is 3.40. The maximum Gasteiger partial charge on any atom is 0.327 e. The van der Waals surface area contributed by atoms with Crippen molar-refractivity contribution in [3.63, 3.8) is 0 Å². The van der Waals surface area contributed by atoms with Gasteiger partial charge in [-0.25, -0.2) is 0 Å². The summed E-state index contributed by atoms with van der Waals surface area (Å²) >= 11 is 0. The summed E-state index contributed by atoms with van der Waals surface area (Å²) in [6, 6.07) is 7.12. The highest BCUT2D eigenvalue weighted by Crippen LogP contribution is 2.42. The Morgan fingerprint density at radius 3 is 2.38 bits per heavy atom. The van der Waals surface area contributed by atoms with Gasteiger partial charge in [-0.3, -0.25) is 9.36 Å². The molecule has 1 aromatic carbocycles. The molecule has 1 atom stereocenters. The van der Waals surface area contributed by atoms with Crippen molar-refractivity contribution in [1.82, 2.24) is 0 Å². The van der Waals surface area contributed by atoms with E-state index in [2.05, 4.69) is 4.52 Å². The van der Waals surface area contributed by atoms with Gasteiger partial charge >= 0.3 is 7.60 Å². The van der Waals surface area contributed by atoms with Gasteiger partial charge in [0.25, 0.3) is 0 Å². The number of hydrogen-bond acceptors (Lipinski definition) is 4. The molecule has 4 nitrogen and oxygen atoms in total. The average Bonchev–Trinajstić information content (AvgIpc) is 2.27. The number of rotatable bonds is 5. The molecule has 0 N–H and O–H groups in total. The van der Waals surface area contributed by atoms with Gasteiger partial charge in [-0.05, 0) is 6.92 Å². The number of ketones is 1. The van der Waals surface area contributed by atoms with Crippen LogP contribution in [-0.2, 0) is 13.6 Å². The molecule has 0 aromatic heterocycles. The molecule has 0 aliphatic carbocycles. The SMILES string of the molecule is COP(C)(=O)OCC(=O)c1ccc(C)cc1. The molecule has 16 heavy (non-hydrogen) atoms. The molecule has 0 heterocycles. The average molecular weight is 242 g/mol. The Bertz CT molecular complexity index is 410. The van der Waals surface area contributed by atoms with E-state index in [4.69, 9.17) is 4.52 Å². The maximum absolute atomic E-state index is 11.6. The zero-order valence-electron chi connectivity index (χ0n) is 9.60. The van der Waals surface area contributed by atoms with Crippen molar-refractivity contribution in [3.05, 3.63) is 35.4 Å². The second-order valence-electron chi connectivity index (χ2n) is 3.52. The van der Waals surface area contributed by atoms with Crippen LogP contribution < -0.4 is 0 Å². The van der Waals surface area contributed by atoms with Crippen LogP contribution in [0.1, 0.15) is 15.9 Å². The molecule has 0 saturated heterocycles. The van der Waals surface area contributed by atoms with E-state index < -0.39 is 7.60 Å². The monoisotopic (exact) mass is 242 g/mol. The summed E-state index contributed by atoms with van der Waals surface area (Å²) < 4.78 is 20.9. The number of carbonyl (C=O) groups excluding carboxylic acids is 1. The molecule has 0 amide bonds. The Hall–Kier alpha value is -0.960. The van der Waals surface area contributed by atoms with E-state index >= 15 is 0 Å². The number of Topliss-reactive ketones (excluding diaryl/α,β-unsaturated/α-hetero) is 1. The van der Waals surface area contributed by atoms with E-state index in [1.807, 2.05) is 19.1 Å². The lowest BCUT2D eigenvalue weighted by atomic mass is 10.1. The summed E-state index contributed by atoms with van der Waals surface area (Å²) in [6.07, 6.45) is 0. The second kappa shape index (κ2) is 5.39. The predicted molar refractivity (Wildman–Crippen MR) is 62.0 cm³/mol. The number of hydrogen-bond donors (Lipinski definition) is 0. The highest BCUT2D eigenvalue weighted by Gasteiger charge is 2.17. The van der Waals surface area contributed by atoms with Crippen LogP contribution in [0.15, 0.2) is 24.3 Å². The van der Waals surface area contributed by atoms with E-state index in [0.29, 0.717) is 5.56 Å². The van der Waals surface area contributed by atoms with E-state index in [1.54, 1.807) is 12.1 Å². The maximum atomic E-state index is 11.6. The molecule has 0 spiro atoms. The summed E-state index contributed by atoms with van der Waals surface area (Å²) in [6.45, 7) is 3.04. The molecule has 0 radical (unpaired) electrons. The summed E-state index contributed by atoms with van der Waals surface area (Å²) in [5.41, 5.74) is 1.62. The molecule has 1 aromatic rings. The summed E-state index contributed by atoms with van der Waals surface area (Å²) in [5.74, 6) is -0.209. The van der Waals surface area contributed by atoms with Crippen molar-refractivity contribution in [1.29, 1.82) is 0 Å². The fraction of sp³-hybridized carbons (Fsp3) is 0.364. The van der Waals surface area contributed by atoms with Gasteiger partial charge in [-0.1, -0.05) is 29.8 Å². The Morgan fingerprint density at radius 1 is 1.31 bits per heavy atom. The van der Waals surface area contributed by atoms with Crippen LogP contribution >= 0.6 is 7.60 Å². The smallest absolute Gasteiger partial charge is 0.312 e. The predicted octanol–water partition coefficient (Wildman–Crippen LogP) is 2.66. The normalized spacial score (nSPS) is 14.4. The standard InChI is InChI=1S/C11H15O4P/c1-9-4-6-10(7-5-9)11(12)8-15-16(3,13)14-2/h4-7H,8H2,1-3H3. The third kappa shape index (κ3) is 3.89. The molecular weight excluding hydrogens is 227 g/mol. The zero-order valence-corrected chi connectivity index (χ0v) is 10.5. The lowest BCUT2D eigenvalue weighted by Crippen LogP contribution is -2.08. The van der Waals surface area contributed by atoms with Crippen molar-refractivity contribution in [3.8, 4) is 0 Å². The van der Waals surface area contributed by atoms with Crippen molar-refractivity contribution < 1.29 is 18.4 Å². The van der Waals surface area contributed by atoms with Crippen molar-refractivity contribution in [2.45, 2.75) is 6.92 Å². The number of carbonyl (C=O) groups is 1. The molecule has 0 fully saturated rings. The molecule has 0 aliphatic heterocycles. The first kappa shape index (κ1) is 13.1. The van der Waals surface area contributed by atoms with Gasteiger partial charge in [0.15, 0.2) is 5.78 Å². The van der Waals surface area contributed by atoms with Crippen molar-refractivity contribution in [2.24, 2.45) is 0 Å². The van der Waals surface area contributed by atoms with Crippen molar-refractivity contribution >= 4 is 13.4 Å². The van der Waals surface area contributed by atoms with Crippen LogP contribution in [0.2, 0.25) is 0 Å². The molecule has 0 aliphatic rings. The second-order valence-corrected chi connectivity index (χ2v) is 5.68. The van der Waals surface area contributed by atoms with Gasteiger partial charge in [-0.2, -0.15) is 0 Å². The minimum absolute atomic E-state index is 0.209. The highest BCUT2D eigenvalue weighted by atomic mass is 31.2. The minimum Gasteiger partial charge on any atom is -0.312 e. The Labute approximate surface area is 95.1 Å². The van der Waals surface area contributed by atoms with Gasteiger partial charge in [0, 0.05) is 19.3 Å². The van der Waals surface area contributed by atoms with E-state index in [0.717, 1.165) is 5.56 Å². The third-order valence-electron chi connectivity index (χ3n) is 2.14. The quantitative estimate of drug-likeness (QED) is 0.588. The van der Waals surface area contributed by atoms with Crippen LogP contribution in [-0.4, -0.2) is 26.2 Å². The first-order valence-corrected chi connectivity index (χ1v) is 6.81. The summed E-state index contributed by atoms with van der Waals surface area (Å²) in [7, 11) is -1.79. The largest absolute Gasteiger partial charge is 0.327 e. The topological polar surface area (TPSA) is 52.6 Å². The van der Waals surface area contributed by atoms with E-state index in [9.17, 15) is 9.36 Å². The minimum atomic E-state index is -3.08. The molecule has 1 rings (SSSR count). The van der Waals surface area contributed by atoms with Crippen LogP contribution in [0, 0.1) is 6.92 Å². The number of benzene rings is 1. The van der Waals surface area contributed by atoms with Crippen molar-refractivity contribution in [2.75, 3.05) is 20.4 Å². The van der Waals surface area contributed by atoms with Gasteiger partial charge in [0.05, 0.1) is 0 Å². The summed E-state index contributed by atoms with van der Waals surface area (Å²) in [5, 5.41) is 0. The van der Waals surface area contributed by atoms with Crippen LogP contribution in [0.4, 0.5) is 0 Å². The molecule has 0 bridgehead atoms. The van der Waals surface area contributed by atoms with Gasteiger partial charge < -0.3 is 9.05 Å². The van der Waals surface area contributed by atoms with Gasteiger partial charge in [0.2, 0.25) is 0 Å². The Morgan fingerprint density at radius 2 is 1.88 bits per heavy atom. The molecule has 5 heteroatoms. The fourth-order valence-corrected chi connectivity index (χ4v) is 1.51. The highest BCUT2D eigenvalue weighted by molar-refractivity contribution is 7.52. The van der Waals surface area contributed by atoms with E-state index in [-0.39, 0.29) is 12.4 Å². The van der Waals surface area contributed by atoms with Crippen LogP contribution in [0.3, 0.4) is 0 Å². The van der Waals surface area contributed by atoms with Gasteiger partial charge in [-0.15, -0.1) is 0 Å². The first-order chi connectivity index (χ1) is 7.44. The molecular formula is C11H15O4P. The van der Waals surface area contributed by atoms with Crippen LogP contribution in [0.25, 0.3) is 0 Å². The fourth-order valence-electron chi connectivity index (χ4n) is 1.05. The van der Waals surface area contributed by atoms with Gasteiger partial charge in [0.1, 0.15) is 6.61 Å². The Kier molecular flexibility index (Phi) is 4.42. The lowest BCUT2D eigenvalue weighted by molar-refractivity contribution is 0.0906. The lowest BCUT2D eigenvalue weighted by Gasteiger charge is -2.10. The van der Waals surface area contributed by atoms with E-state index in [1.165, 1.54) is 13.8 Å². The molecule has 88 valence electrons. The number of aryl methyl sites for hydroxylation is 1. The Balaban J connectivity index is 2.60. The molecule has 0 saturated carbocycles. The summed E-state index contributed by atoms with van der Waals surface area (Å²) in [4.78, 5) is 11.6. The molecule has 1 unspecified atom stereocenters.